The molecule has 0 spiro atoms. The molecule has 0 heterocycles. The maximum absolute atomic E-state index is 8.64. The van der Waals surface area contributed by atoms with Crippen LogP contribution in [0.25, 0.3) is 0 Å². The van der Waals surface area contributed by atoms with E-state index < -0.39 is 0 Å². The number of hydrogen-bond donors (Lipinski definition) is 0. The molecule has 0 aromatic rings. The van der Waals surface area contributed by atoms with Gasteiger partial charge in [-0.1, -0.05) is 22.6 Å². The van der Waals surface area contributed by atoms with Gasteiger partial charge in [-0.25, -0.2) is 0 Å². The lowest BCUT2D eigenvalue weighted by molar-refractivity contribution is 0.454. The summed E-state index contributed by atoms with van der Waals surface area (Å²) in [4.78, 5) is 0. The molecule has 0 aromatic carbocycles. The maximum atomic E-state index is 8.64. The highest BCUT2D eigenvalue weighted by molar-refractivity contribution is 14.1. The Labute approximate surface area is 79.9 Å². The van der Waals surface area contributed by atoms with Crippen LogP contribution in [0.1, 0.15) is 19.3 Å². The van der Waals surface area contributed by atoms with E-state index in [2.05, 4.69) is 28.7 Å². The summed E-state index contributed by atoms with van der Waals surface area (Å²) in [7, 11) is 0. The van der Waals surface area contributed by atoms with Crippen molar-refractivity contribution in [1.29, 1.82) is 5.26 Å². The van der Waals surface area contributed by atoms with Crippen LogP contribution in [0.5, 0.6) is 0 Å². The molecule has 0 aliphatic heterocycles. The van der Waals surface area contributed by atoms with Gasteiger partial charge in [0, 0.05) is 9.30 Å². The highest BCUT2D eigenvalue weighted by atomic mass is 127. The van der Waals surface area contributed by atoms with E-state index in [9.17, 15) is 0 Å². The molecule has 0 aromatic heterocycles. The maximum Gasteiger partial charge on any atom is 0.0671 e. The number of nitrogens with zero attached hydrogens (tertiary/aromatic N) is 1. The monoisotopic (exact) mass is 269 g/mol. The summed E-state index contributed by atoms with van der Waals surface area (Å²) >= 11 is 8.32. The predicted molar refractivity (Wildman–Crippen MR) is 50.4 cm³/mol. The van der Waals surface area contributed by atoms with E-state index in [1.807, 2.05) is 0 Å². The van der Waals surface area contributed by atoms with Gasteiger partial charge in [0.15, 0.2) is 0 Å². The smallest absolute Gasteiger partial charge is 0.0671 e. The third kappa shape index (κ3) is 2.00. The van der Waals surface area contributed by atoms with Gasteiger partial charge in [0.1, 0.15) is 0 Å². The van der Waals surface area contributed by atoms with E-state index in [1.165, 1.54) is 6.42 Å². The molecule has 1 fully saturated rings. The molecule has 1 aliphatic carbocycles. The summed E-state index contributed by atoms with van der Waals surface area (Å²) in [5, 5.41) is 8.75. The Balaban J connectivity index is 2.47. The third-order valence-corrected chi connectivity index (χ3v) is 3.52. The van der Waals surface area contributed by atoms with Crippen molar-refractivity contribution in [1.82, 2.24) is 0 Å². The molecule has 1 aliphatic rings. The second-order valence-corrected chi connectivity index (χ2v) is 4.98. The Hall–Kier alpha value is 0.510. The van der Waals surface area contributed by atoms with Gasteiger partial charge < -0.3 is 0 Å². The largest absolute Gasteiger partial charge is 0.198 e. The Bertz CT molecular complexity index is 154. The van der Waals surface area contributed by atoms with Gasteiger partial charge in [-0.15, -0.1) is 11.6 Å². The molecule has 0 amide bonds. The van der Waals surface area contributed by atoms with Crippen LogP contribution in [0.3, 0.4) is 0 Å². The van der Waals surface area contributed by atoms with Crippen LogP contribution in [0.2, 0.25) is 0 Å². The molecule has 1 nitrogen and oxygen atoms in total. The van der Waals surface area contributed by atoms with Gasteiger partial charge in [-0.05, 0) is 19.3 Å². The van der Waals surface area contributed by atoms with E-state index in [-0.39, 0.29) is 11.3 Å². The van der Waals surface area contributed by atoms with Crippen molar-refractivity contribution in [3.05, 3.63) is 0 Å². The van der Waals surface area contributed by atoms with Crippen molar-refractivity contribution in [2.45, 2.75) is 28.6 Å². The molecule has 0 radical (unpaired) electrons. The molecule has 1 rings (SSSR count). The predicted octanol–water partition coefficient (Wildman–Crippen LogP) is 2.72. The van der Waals surface area contributed by atoms with Crippen LogP contribution >= 0.6 is 34.2 Å². The first kappa shape index (κ1) is 8.61. The van der Waals surface area contributed by atoms with Gasteiger partial charge in [0.25, 0.3) is 0 Å². The fourth-order valence-corrected chi connectivity index (χ4v) is 2.41. The molecule has 2 unspecified atom stereocenters. The number of rotatable bonds is 0. The summed E-state index contributed by atoms with van der Waals surface area (Å²) in [5.74, 6) is 0.0947. The molecular weight excluding hydrogens is 260 g/mol. The van der Waals surface area contributed by atoms with Crippen LogP contribution in [0.15, 0.2) is 0 Å². The van der Waals surface area contributed by atoms with E-state index in [0.29, 0.717) is 3.92 Å². The van der Waals surface area contributed by atoms with Crippen LogP contribution in [0.4, 0.5) is 0 Å². The molecule has 3 atom stereocenters. The molecular formula is C7H9ClIN. The first-order valence-electron chi connectivity index (χ1n) is 3.42. The molecule has 3 heteroatoms. The fraction of sp³-hybridized carbons (Fsp3) is 0.857. The highest BCUT2D eigenvalue weighted by Crippen LogP contribution is 2.32. The fourth-order valence-electron chi connectivity index (χ4n) is 1.22. The normalized spacial score (nSPS) is 40.7. The van der Waals surface area contributed by atoms with Crippen molar-refractivity contribution < 1.29 is 0 Å². The molecule has 1 saturated carbocycles. The van der Waals surface area contributed by atoms with Gasteiger partial charge >= 0.3 is 0 Å². The third-order valence-electron chi connectivity index (χ3n) is 1.87. The molecule has 10 heavy (non-hydrogen) atoms. The lowest BCUT2D eigenvalue weighted by Crippen LogP contribution is -2.23. The first-order chi connectivity index (χ1) is 4.74. The molecule has 0 saturated heterocycles. The average molecular weight is 270 g/mol. The quantitative estimate of drug-likeness (QED) is 0.490. The van der Waals surface area contributed by atoms with Crippen LogP contribution < -0.4 is 0 Å². The molecule has 0 N–H and O–H groups in total. The van der Waals surface area contributed by atoms with Crippen molar-refractivity contribution in [3.63, 3.8) is 0 Å². The van der Waals surface area contributed by atoms with Gasteiger partial charge in [-0.2, -0.15) is 5.26 Å². The summed E-state index contributed by atoms with van der Waals surface area (Å²) in [6.07, 6.45) is 3.16. The van der Waals surface area contributed by atoms with Crippen molar-refractivity contribution in [2.75, 3.05) is 0 Å². The van der Waals surface area contributed by atoms with E-state index in [0.717, 1.165) is 12.8 Å². The summed E-state index contributed by atoms with van der Waals surface area (Å²) in [5.41, 5.74) is 0. The highest BCUT2D eigenvalue weighted by Gasteiger charge is 2.27. The summed E-state index contributed by atoms with van der Waals surface area (Å²) in [6, 6.07) is 2.25. The Morgan fingerprint density at radius 1 is 1.50 bits per heavy atom. The minimum atomic E-state index is 0.0947. The van der Waals surface area contributed by atoms with E-state index in [4.69, 9.17) is 16.9 Å². The van der Waals surface area contributed by atoms with Gasteiger partial charge in [0.2, 0.25) is 0 Å². The topological polar surface area (TPSA) is 23.8 Å². The van der Waals surface area contributed by atoms with Gasteiger partial charge in [-0.3, -0.25) is 0 Å². The second kappa shape index (κ2) is 3.77. The number of alkyl halides is 2. The van der Waals surface area contributed by atoms with Crippen molar-refractivity contribution in [2.24, 2.45) is 5.92 Å². The van der Waals surface area contributed by atoms with Crippen molar-refractivity contribution >= 4 is 34.2 Å². The zero-order valence-corrected chi connectivity index (χ0v) is 8.47. The van der Waals surface area contributed by atoms with E-state index in [1.54, 1.807) is 0 Å². The van der Waals surface area contributed by atoms with Crippen LogP contribution in [-0.4, -0.2) is 9.30 Å². The van der Waals surface area contributed by atoms with E-state index >= 15 is 0 Å². The number of halogens is 2. The first-order valence-corrected chi connectivity index (χ1v) is 5.10. The second-order valence-electron chi connectivity index (χ2n) is 2.66. The molecule has 0 bridgehead atoms. The minimum Gasteiger partial charge on any atom is -0.198 e. The van der Waals surface area contributed by atoms with Crippen molar-refractivity contribution in [3.8, 4) is 6.07 Å². The van der Waals surface area contributed by atoms with Crippen LogP contribution in [0, 0.1) is 17.2 Å². The number of nitriles is 1. The van der Waals surface area contributed by atoms with Gasteiger partial charge in [0.05, 0.1) is 12.0 Å². The Morgan fingerprint density at radius 2 is 2.20 bits per heavy atom. The SMILES string of the molecule is N#C[C@@H]1CC(I)CCC1Cl. The number of hydrogen-bond acceptors (Lipinski definition) is 1. The summed E-state index contributed by atoms with van der Waals surface area (Å²) < 4.78 is 0.664. The lowest BCUT2D eigenvalue weighted by atomic mass is 9.90. The average Bonchev–Trinajstić information content (AvgIpc) is 1.94. The summed E-state index contributed by atoms with van der Waals surface area (Å²) in [6.45, 7) is 0. The molecule has 56 valence electrons. The standard InChI is InChI=1S/C7H9ClIN/c8-7-2-1-6(9)3-5(7)4-10/h5-7H,1-3H2/t5-,6?,7?/m0/s1. The zero-order valence-electron chi connectivity index (χ0n) is 5.56. The Kier molecular flexibility index (Phi) is 3.25. The van der Waals surface area contributed by atoms with Crippen LogP contribution in [-0.2, 0) is 0 Å². The zero-order chi connectivity index (χ0) is 7.56. The minimum absolute atomic E-state index is 0.0947. The lowest BCUT2D eigenvalue weighted by Gasteiger charge is -2.24. The Morgan fingerprint density at radius 3 is 2.70 bits per heavy atom.